The van der Waals surface area contributed by atoms with Gasteiger partial charge in [-0.15, -0.1) is 0 Å². The Labute approximate surface area is 195 Å². The summed E-state index contributed by atoms with van der Waals surface area (Å²) in [7, 11) is 0. The zero-order valence-corrected chi connectivity index (χ0v) is 19.4. The van der Waals surface area contributed by atoms with Gasteiger partial charge in [-0.2, -0.15) is 20.1 Å². The third-order valence-electron chi connectivity index (χ3n) is 6.41. The fraction of sp³-hybridized carbons (Fsp3) is 0.296. The van der Waals surface area contributed by atoms with Gasteiger partial charge in [-0.25, -0.2) is 10.5 Å². The van der Waals surface area contributed by atoms with Crippen molar-refractivity contribution in [2.45, 2.75) is 39.8 Å². The van der Waals surface area contributed by atoms with E-state index in [1.807, 2.05) is 29.4 Å². The van der Waals surface area contributed by atoms with Crippen molar-refractivity contribution in [1.29, 1.82) is 0 Å². The summed E-state index contributed by atoms with van der Waals surface area (Å²) in [6, 6.07) is 20.8. The van der Waals surface area contributed by atoms with Crippen molar-refractivity contribution >= 4 is 11.3 Å². The monoisotopic (exact) mass is 438 g/mol. The van der Waals surface area contributed by atoms with Crippen LogP contribution in [0.2, 0.25) is 0 Å². The highest BCUT2D eigenvalue weighted by molar-refractivity contribution is 6.06. The summed E-state index contributed by atoms with van der Waals surface area (Å²) in [4.78, 5) is 1.78. The van der Waals surface area contributed by atoms with Crippen LogP contribution in [0.4, 0.5) is 0 Å². The number of nitrogens with one attached hydrogen (secondary N) is 1. The average Bonchev–Trinajstić information content (AvgIpc) is 3.50. The molecule has 0 amide bonds. The SMILES string of the molecule is CCN1N=C(c2ccccc2)C(C2(C)C=C(c3nn(CC)nc3-c3ccccc3)C=CC2)N1. The van der Waals surface area contributed by atoms with Gasteiger partial charge in [-0.3, -0.25) is 0 Å². The van der Waals surface area contributed by atoms with Gasteiger partial charge in [-0.1, -0.05) is 85.8 Å². The molecule has 0 fully saturated rings. The highest BCUT2D eigenvalue weighted by atomic mass is 15.7. The van der Waals surface area contributed by atoms with E-state index in [0.717, 1.165) is 53.3 Å². The number of allylic oxidation sites excluding steroid dienone is 3. The van der Waals surface area contributed by atoms with E-state index in [2.05, 4.69) is 80.8 Å². The maximum atomic E-state index is 4.91. The van der Waals surface area contributed by atoms with Gasteiger partial charge in [0.05, 0.1) is 24.8 Å². The van der Waals surface area contributed by atoms with E-state index in [1.54, 1.807) is 4.80 Å². The smallest absolute Gasteiger partial charge is 0.121 e. The molecule has 1 N–H and O–H groups in total. The molecule has 0 saturated carbocycles. The first-order valence-corrected chi connectivity index (χ1v) is 11.7. The molecule has 1 aliphatic heterocycles. The highest BCUT2D eigenvalue weighted by Gasteiger charge is 2.41. The summed E-state index contributed by atoms with van der Waals surface area (Å²) < 4.78 is 0. The average molecular weight is 439 g/mol. The molecule has 0 spiro atoms. The Kier molecular flexibility index (Phi) is 5.68. The topological polar surface area (TPSA) is 58.3 Å². The van der Waals surface area contributed by atoms with Crippen molar-refractivity contribution in [3.8, 4) is 11.3 Å². The molecule has 3 aromatic rings. The molecule has 2 aliphatic rings. The van der Waals surface area contributed by atoms with Crippen molar-refractivity contribution in [2.75, 3.05) is 6.54 Å². The first-order valence-electron chi connectivity index (χ1n) is 11.7. The standard InChI is InChI=1S/C27H30N6/c1-4-32-28-23(20-13-8-6-9-14-20)24(29-32)22-17-12-18-27(3,19-22)26-25(30-33(5-2)31-26)21-15-10-7-11-16-21/h6-17,19,26,31H,4-5,18H2,1-3H3. The van der Waals surface area contributed by atoms with Gasteiger partial charge in [0.15, 0.2) is 0 Å². The Morgan fingerprint density at radius 3 is 2.24 bits per heavy atom. The molecule has 33 heavy (non-hydrogen) atoms. The molecule has 2 heterocycles. The van der Waals surface area contributed by atoms with Crippen LogP contribution >= 0.6 is 0 Å². The maximum Gasteiger partial charge on any atom is 0.121 e. The molecule has 0 radical (unpaired) electrons. The first-order chi connectivity index (χ1) is 16.1. The van der Waals surface area contributed by atoms with E-state index >= 15 is 0 Å². The lowest BCUT2D eigenvalue weighted by Crippen LogP contribution is -2.48. The summed E-state index contributed by atoms with van der Waals surface area (Å²) in [5, 5.41) is 16.5. The Morgan fingerprint density at radius 1 is 0.909 bits per heavy atom. The quantitative estimate of drug-likeness (QED) is 0.593. The van der Waals surface area contributed by atoms with Gasteiger partial charge in [0.2, 0.25) is 0 Å². The molecule has 1 aromatic heterocycles. The second-order valence-corrected chi connectivity index (χ2v) is 8.79. The van der Waals surface area contributed by atoms with E-state index < -0.39 is 0 Å². The number of nitrogens with zero attached hydrogens (tertiary/aromatic N) is 5. The lowest BCUT2D eigenvalue weighted by atomic mass is 9.72. The minimum Gasteiger partial charge on any atom is -0.229 e. The predicted octanol–water partition coefficient (Wildman–Crippen LogP) is 4.93. The van der Waals surface area contributed by atoms with E-state index in [1.165, 1.54) is 0 Å². The third kappa shape index (κ3) is 4.02. The molecule has 5 rings (SSSR count). The largest absolute Gasteiger partial charge is 0.229 e. The van der Waals surface area contributed by atoms with Crippen molar-refractivity contribution in [1.82, 2.24) is 25.5 Å². The van der Waals surface area contributed by atoms with Crippen molar-refractivity contribution in [2.24, 2.45) is 10.5 Å². The number of hydrazine groups is 1. The Morgan fingerprint density at radius 2 is 1.58 bits per heavy atom. The van der Waals surface area contributed by atoms with E-state index in [4.69, 9.17) is 15.3 Å². The van der Waals surface area contributed by atoms with Crippen LogP contribution in [0, 0.1) is 5.41 Å². The van der Waals surface area contributed by atoms with Crippen LogP contribution in [0.3, 0.4) is 0 Å². The van der Waals surface area contributed by atoms with Crippen molar-refractivity contribution in [3.63, 3.8) is 0 Å². The molecule has 2 aromatic carbocycles. The zero-order valence-electron chi connectivity index (χ0n) is 19.4. The van der Waals surface area contributed by atoms with Gasteiger partial charge in [0.25, 0.3) is 0 Å². The molecule has 168 valence electrons. The molecule has 0 bridgehead atoms. The third-order valence-corrected chi connectivity index (χ3v) is 6.41. The first kappa shape index (κ1) is 21.3. The van der Waals surface area contributed by atoms with Crippen LogP contribution in [0.1, 0.15) is 38.4 Å². The fourth-order valence-corrected chi connectivity index (χ4v) is 4.61. The van der Waals surface area contributed by atoms with Crippen molar-refractivity contribution < 1.29 is 0 Å². The Balaban J connectivity index is 1.56. The van der Waals surface area contributed by atoms with Crippen LogP contribution in [0.5, 0.6) is 0 Å². The van der Waals surface area contributed by atoms with E-state index in [9.17, 15) is 0 Å². The predicted molar refractivity (Wildman–Crippen MR) is 133 cm³/mol. The number of aromatic nitrogens is 3. The van der Waals surface area contributed by atoms with Crippen LogP contribution < -0.4 is 5.43 Å². The zero-order chi connectivity index (χ0) is 22.8. The summed E-state index contributed by atoms with van der Waals surface area (Å²) in [6.07, 6.45) is 7.72. The fourth-order valence-electron chi connectivity index (χ4n) is 4.61. The second kappa shape index (κ2) is 8.79. The van der Waals surface area contributed by atoms with E-state index in [-0.39, 0.29) is 11.5 Å². The summed E-state index contributed by atoms with van der Waals surface area (Å²) >= 11 is 0. The molecule has 6 nitrogen and oxygen atoms in total. The van der Waals surface area contributed by atoms with Gasteiger partial charge in [-0.05, 0) is 25.8 Å². The summed E-state index contributed by atoms with van der Waals surface area (Å²) in [6.45, 7) is 8.02. The number of hydrogen-bond acceptors (Lipinski definition) is 5. The summed E-state index contributed by atoms with van der Waals surface area (Å²) in [5.41, 5.74) is 9.73. The van der Waals surface area contributed by atoms with Crippen LogP contribution in [0.25, 0.3) is 16.8 Å². The minimum atomic E-state index is -0.174. The second-order valence-electron chi connectivity index (χ2n) is 8.79. The molecular weight excluding hydrogens is 408 g/mol. The van der Waals surface area contributed by atoms with Crippen LogP contribution in [-0.2, 0) is 6.54 Å². The Bertz CT molecular complexity index is 1210. The lowest BCUT2D eigenvalue weighted by Gasteiger charge is -2.35. The van der Waals surface area contributed by atoms with Gasteiger partial charge < -0.3 is 0 Å². The van der Waals surface area contributed by atoms with Crippen molar-refractivity contribution in [3.05, 3.63) is 90.1 Å². The lowest BCUT2D eigenvalue weighted by molar-refractivity contribution is 0.181. The van der Waals surface area contributed by atoms with Gasteiger partial charge in [0.1, 0.15) is 11.4 Å². The number of aryl methyl sites for hydroxylation is 1. The van der Waals surface area contributed by atoms with Crippen LogP contribution in [0.15, 0.2) is 84.0 Å². The molecule has 2 unspecified atom stereocenters. The molecule has 0 saturated heterocycles. The molecule has 6 heteroatoms. The van der Waals surface area contributed by atoms with E-state index in [0.29, 0.717) is 0 Å². The molecule has 1 aliphatic carbocycles. The Hall–Kier alpha value is -3.51. The molecular formula is C27H30N6. The normalized spacial score (nSPS) is 22.4. The number of benzene rings is 2. The number of rotatable bonds is 6. The van der Waals surface area contributed by atoms with Crippen LogP contribution in [-0.4, -0.2) is 38.4 Å². The van der Waals surface area contributed by atoms with Gasteiger partial charge in [0, 0.05) is 16.6 Å². The van der Waals surface area contributed by atoms with Gasteiger partial charge >= 0.3 is 0 Å². The maximum absolute atomic E-state index is 4.91. The minimum absolute atomic E-state index is 0.0567. The molecule has 2 atom stereocenters. The number of hydrogen-bond donors (Lipinski definition) is 1. The summed E-state index contributed by atoms with van der Waals surface area (Å²) in [5.74, 6) is 0. The number of hydrazone groups is 1. The highest BCUT2D eigenvalue weighted by Crippen LogP contribution is 2.40.